The Morgan fingerprint density at radius 3 is 2.85 bits per heavy atom. The highest BCUT2D eigenvalue weighted by Gasteiger charge is 2.06. The Morgan fingerprint density at radius 2 is 2.31 bits per heavy atom. The molecule has 0 saturated carbocycles. The standard InChI is InChI=1S/C9H11N3O/c1-12-8(4-5-11-12)9-3-2-7(6-10)13-9/h2-5H,6,10H2,1H3. The van der Waals surface area contributed by atoms with E-state index in [9.17, 15) is 0 Å². The van der Waals surface area contributed by atoms with Gasteiger partial charge in [-0.1, -0.05) is 0 Å². The van der Waals surface area contributed by atoms with Crippen molar-refractivity contribution in [2.75, 3.05) is 0 Å². The molecule has 0 aliphatic carbocycles. The van der Waals surface area contributed by atoms with Gasteiger partial charge in [0, 0.05) is 13.2 Å². The fraction of sp³-hybridized carbons (Fsp3) is 0.222. The van der Waals surface area contributed by atoms with Crippen molar-refractivity contribution in [2.45, 2.75) is 6.54 Å². The molecule has 2 heterocycles. The van der Waals surface area contributed by atoms with E-state index in [1.807, 2.05) is 25.2 Å². The van der Waals surface area contributed by atoms with E-state index in [1.54, 1.807) is 10.9 Å². The van der Waals surface area contributed by atoms with Crippen LogP contribution in [0.25, 0.3) is 11.5 Å². The van der Waals surface area contributed by atoms with Gasteiger partial charge in [0.2, 0.25) is 0 Å². The smallest absolute Gasteiger partial charge is 0.152 e. The van der Waals surface area contributed by atoms with Gasteiger partial charge in [0.15, 0.2) is 5.76 Å². The molecule has 0 spiro atoms. The molecule has 2 N–H and O–H groups in total. The monoisotopic (exact) mass is 177 g/mol. The summed E-state index contributed by atoms with van der Waals surface area (Å²) >= 11 is 0. The molecule has 2 aromatic heterocycles. The SMILES string of the molecule is Cn1nccc1-c1ccc(CN)o1. The van der Waals surface area contributed by atoms with Crippen molar-refractivity contribution >= 4 is 0 Å². The van der Waals surface area contributed by atoms with Crippen LogP contribution in [0.2, 0.25) is 0 Å². The van der Waals surface area contributed by atoms with Crippen LogP contribution in [0.3, 0.4) is 0 Å². The zero-order valence-corrected chi connectivity index (χ0v) is 7.40. The van der Waals surface area contributed by atoms with Gasteiger partial charge >= 0.3 is 0 Å². The molecule has 2 rings (SSSR count). The van der Waals surface area contributed by atoms with Crippen molar-refractivity contribution in [3.8, 4) is 11.5 Å². The highest BCUT2D eigenvalue weighted by molar-refractivity contribution is 5.52. The van der Waals surface area contributed by atoms with Crippen molar-refractivity contribution in [3.05, 3.63) is 30.2 Å². The lowest BCUT2D eigenvalue weighted by molar-refractivity contribution is 0.519. The summed E-state index contributed by atoms with van der Waals surface area (Å²) < 4.78 is 7.24. The fourth-order valence-corrected chi connectivity index (χ4v) is 1.24. The third-order valence-corrected chi connectivity index (χ3v) is 1.94. The van der Waals surface area contributed by atoms with Crippen LogP contribution in [-0.4, -0.2) is 9.78 Å². The highest BCUT2D eigenvalue weighted by Crippen LogP contribution is 2.20. The first-order valence-electron chi connectivity index (χ1n) is 4.08. The third-order valence-electron chi connectivity index (χ3n) is 1.94. The van der Waals surface area contributed by atoms with Crippen molar-refractivity contribution < 1.29 is 4.42 Å². The van der Waals surface area contributed by atoms with E-state index in [0.29, 0.717) is 6.54 Å². The average Bonchev–Trinajstić information content (AvgIpc) is 2.71. The van der Waals surface area contributed by atoms with Crippen LogP contribution < -0.4 is 5.73 Å². The number of aromatic nitrogens is 2. The molecule has 0 atom stereocenters. The van der Waals surface area contributed by atoms with Gasteiger partial charge in [-0.05, 0) is 18.2 Å². The Kier molecular flexibility index (Phi) is 1.90. The van der Waals surface area contributed by atoms with Crippen molar-refractivity contribution in [2.24, 2.45) is 12.8 Å². The molecule has 0 aromatic carbocycles. The van der Waals surface area contributed by atoms with Crippen molar-refractivity contribution in [1.29, 1.82) is 0 Å². The molecule has 2 aromatic rings. The first kappa shape index (κ1) is 8.07. The molecule has 13 heavy (non-hydrogen) atoms. The van der Waals surface area contributed by atoms with Gasteiger partial charge in [-0.3, -0.25) is 4.68 Å². The fourth-order valence-electron chi connectivity index (χ4n) is 1.24. The number of hydrogen-bond acceptors (Lipinski definition) is 3. The van der Waals surface area contributed by atoms with Crippen LogP contribution in [0.15, 0.2) is 28.8 Å². The van der Waals surface area contributed by atoms with E-state index < -0.39 is 0 Å². The Hall–Kier alpha value is -1.55. The minimum atomic E-state index is 0.428. The van der Waals surface area contributed by atoms with E-state index in [1.165, 1.54) is 0 Å². The molecule has 0 aliphatic rings. The van der Waals surface area contributed by atoms with E-state index in [4.69, 9.17) is 10.2 Å². The molecule has 0 saturated heterocycles. The summed E-state index contributed by atoms with van der Waals surface area (Å²) in [6, 6.07) is 5.68. The van der Waals surface area contributed by atoms with E-state index in [-0.39, 0.29) is 0 Å². The molecule has 0 aliphatic heterocycles. The van der Waals surface area contributed by atoms with Gasteiger partial charge in [0.25, 0.3) is 0 Å². The first-order chi connectivity index (χ1) is 6.31. The van der Waals surface area contributed by atoms with Crippen molar-refractivity contribution in [1.82, 2.24) is 9.78 Å². The molecule has 0 fully saturated rings. The summed E-state index contributed by atoms with van der Waals surface area (Å²) in [5.41, 5.74) is 6.40. The predicted molar refractivity (Wildman–Crippen MR) is 48.8 cm³/mol. The number of nitrogens with two attached hydrogens (primary N) is 1. The Labute approximate surface area is 76.0 Å². The zero-order chi connectivity index (χ0) is 9.26. The Balaban J connectivity index is 2.41. The third kappa shape index (κ3) is 1.36. The lowest BCUT2D eigenvalue weighted by Crippen LogP contribution is -1.93. The van der Waals surface area contributed by atoms with Crippen LogP contribution in [0, 0.1) is 0 Å². The van der Waals surface area contributed by atoms with E-state index in [2.05, 4.69) is 5.10 Å². The van der Waals surface area contributed by atoms with Gasteiger partial charge in [0.05, 0.1) is 6.54 Å². The largest absolute Gasteiger partial charge is 0.458 e. The molecule has 0 unspecified atom stereocenters. The van der Waals surface area contributed by atoms with Crippen LogP contribution in [0.4, 0.5) is 0 Å². The summed E-state index contributed by atoms with van der Waals surface area (Å²) in [6.45, 7) is 0.428. The Bertz CT molecular complexity index is 402. The molecular weight excluding hydrogens is 166 g/mol. The molecule has 0 amide bonds. The molecule has 68 valence electrons. The van der Waals surface area contributed by atoms with Crippen LogP contribution in [-0.2, 0) is 13.6 Å². The van der Waals surface area contributed by atoms with Gasteiger partial charge in [-0.25, -0.2) is 0 Å². The molecule has 0 radical (unpaired) electrons. The summed E-state index contributed by atoms with van der Waals surface area (Å²) in [5.74, 6) is 1.59. The maximum atomic E-state index is 5.47. The number of aryl methyl sites for hydroxylation is 1. The second-order valence-electron chi connectivity index (χ2n) is 2.81. The van der Waals surface area contributed by atoms with E-state index >= 15 is 0 Å². The number of furan rings is 1. The van der Waals surface area contributed by atoms with Crippen LogP contribution >= 0.6 is 0 Å². The number of nitrogens with zero attached hydrogens (tertiary/aromatic N) is 2. The molecular formula is C9H11N3O. The summed E-state index contributed by atoms with van der Waals surface area (Å²) in [6.07, 6.45) is 1.74. The summed E-state index contributed by atoms with van der Waals surface area (Å²) in [7, 11) is 1.87. The molecule has 0 bridgehead atoms. The number of rotatable bonds is 2. The molecule has 4 heteroatoms. The second kappa shape index (κ2) is 3.06. The maximum absolute atomic E-state index is 5.47. The van der Waals surface area contributed by atoms with Gasteiger partial charge in [-0.15, -0.1) is 0 Å². The Morgan fingerprint density at radius 1 is 1.46 bits per heavy atom. The second-order valence-corrected chi connectivity index (χ2v) is 2.81. The average molecular weight is 177 g/mol. The van der Waals surface area contributed by atoms with Crippen molar-refractivity contribution in [3.63, 3.8) is 0 Å². The van der Waals surface area contributed by atoms with Gasteiger partial charge in [-0.2, -0.15) is 5.10 Å². The summed E-state index contributed by atoms with van der Waals surface area (Å²) in [4.78, 5) is 0. The van der Waals surface area contributed by atoms with Gasteiger partial charge in [0.1, 0.15) is 11.5 Å². The quantitative estimate of drug-likeness (QED) is 0.748. The minimum absolute atomic E-state index is 0.428. The normalized spacial score (nSPS) is 10.6. The lowest BCUT2D eigenvalue weighted by atomic mass is 10.3. The van der Waals surface area contributed by atoms with Gasteiger partial charge < -0.3 is 10.2 Å². The predicted octanol–water partition coefficient (Wildman–Crippen LogP) is 1.14. The zero-order valence-electron chi connectivity index (χ0n) is 7.40. The minimum Gasteiger partial charge on any atom is -0.458 e. The van der Waals surface area contributed by atoms with Crippen LogP contribution in [0.5, 0.6) is 0 Å². The van der Waals surface area contributed by atoms with Crippen LogP contribution in [0.1, 0.15) is 5.76 Å². The topological polar surface area (TPSA) is 57.0 Å². The first-order valence-corrected chi connectivity index (χ1v) is 4.08. The highest BCUT2D eigenvalue weighted by atomic mass is 16.3. The number of hydrogen-bond donors (Lipinski definition) is 1. The molecule has 4 nitrogen and oxygen atoms in total. The maximum Gasteiger partial charge on any atom is 0.152 e. The van der Waals surface area contributed by atoms with E-state index in [0.717, 1.165) is 17.2 Å². The summed E-state index contributed by atoms with van der Waals surface area (Å²) in [5, 5.41) is 4.05. The lowest BCUT2D eigenvalue weighted by Gasteiger charge is -1.96.